The number of aromatic nitrogens is 5. The highest BCUT2D eigenvalue weighted by atomic mass is 31.2. The lowest BCUT2D eigenvalue weighted by Crippen LogP contribution is -2.45. The number of aromatic amines is 1. The summed E-state index contributed by atoms with van der Waals surface area (Å²) in [5.41, 5.74) is -1.43. The van der Waals surface area contributed by atoms with E-state index in [1.165, 1.54) is 41.5 Å². The van der Waals surface area contributed by atoms with Crippen LogP contribution in [0.2, 0.25) is 0 Å². The summed E-state index contributed by atoms with van der Waals surface area (Å²) in [5, 5.41) is 25.7. The summed E-state index contributed by atoms with van der Waals surface area (Å²) in [6.07, 6.45) is -0.0328. The van der Waals surface area contributed by atoms with Crippen molar-refractivity contribution < 1.29 is 28.2 Å². The van der Waals surface area contributed by atoms with Gasteiger partial charge in [-0.15, -0.1) is 5.10 Å². The first-order valence-corrected chi connectivity index (χ1v) is 16.3. The Morgan fingerprint density at radius 3 is 2.56 bits per heavy atom. The fraction of sp³-hybridized carbons (Fsp3) is 0.290. The minimum Gasteiger partial charge on any atom is -0.393 e. The highest BCUT2D eigenvalue weighted by Crippen LogP contribution is 2.54. The van der Waals surface area contributed by atoms with Gasteiger partial charge >= 0.3 is 13.3 Å². The predicted molar refractivity (Wildman–Crippen MR) is 165 cm³/mol. The number of nitrogens with zero attached hydrogens (tertiary/aromatic N) is 4. The van der Waals surface area contributed by atoms with Crippen LogP contribution < -0.4 is 11.2 Å². The second-order valence-electron chi connectivity index (χ2n) is 11.6. The zero-order valence-electron chi connectivity index (χ0n) is 24.2. The molecule has 45 heavy (non-hydrogen) atoms. The van der Waals surface area contributed by atoms with Crippen molar-refractivity contribution in [3.8, 4) is 11.3 Å². The lowest BCUT2D eigenvalue weighted by Gasteiger charge is -2.30. The average Bonchev–Trinajstić information content (AvgIpc) is 3.73. The lowest BCUT2D eigenvalue weighted by molar-refractivity contribution is -0.187. The third-order valence-electron chi connectivity index (χ3n) is 8.89. The van der Waals surface area contributed by atoms with E-state index in [2.05, 4.69) is 69.9 Å². The van der Waals surface area contributed by atoms with E-state index in [-0.39, 0.29) is 17.9 Å². The maximum absolute atomic E-state index is 13.0. The second kappa shape index (κ2) is 10.1. The van der Waals surface area contributed by atoms with Crippen LogP contribution in [0.3, 0.4) is 0 Å². The maximum Gasteiger partial charge on any atom is 0.330 e. The van der Waals surface area contributed by atoms with Crippen molar-refractivity contribution in [1.82, 2.24) is 24.5 Å². The molecule has 4 aromatic carbocycles. The van der Waals surface area contributed by atoms with Crippen LogP contribution in [0.15, 0.2) is 76.6 Å². The number of aliphatic hydroxyl groups excluding tert-OH is 1. The summed E-state index contributed by atoms with van der Waals surface area (Å²) in [6, 6.07) is 19.0. The van der Waals surface area contributed by atoms with Gasteiger partial charge in [-0.1, -0.05) is 59.8 Å². The first-order chi connectivity index (χ1) is 21.7. The molecule has 4 heterocycles. The number of ether oxygens (including phenoxy) is 2. The van der Waals surface area contributed by atoms with Crippen LogP contribution in [0, 0.1) is 0 Å². The lowest BCUT2D eigenvalue weighted by atomic mass is 9.92. The minimum absolute atomic E-state index is 0.0403. The fourth-order valence-electron chi connectivity index (χ4n) is 6.60. The van der Waals surface area contributed by atoms with Crippen molar-refractivity contribution in [3.63, 3.8) is 0 Å². The molecule has 2 saturated heterocycles. The van der Waals surface area contributed by atoms with Crippen molar-refractivity contribution in [2.24, 2.45) is 0 Å². The summed E-state index contributed by atoms with van der Waals surface area (Å²) in [6.45, 7) is 1.13. The van der Waals surface area contributed by atoms with E-state index in [0.717, 1.165) is 20.9 Å². The Kier molecular flexibility index (Phi) is 6.37. The van der Waals surface area contributed by atoms with Gasteiger partial charge in [-0.2, -0.15) is 0 Å². The van der Waals surface area contributed by atoms with Gasteiger partial charge in [-0.25, -0.2) is 9.48 Å². The number of aliphatic hydroxyl groups is 1. The molecule has 0 amide bonds. The van der Waals surface area contributed by atoms with Crippen molar-refractivity contribution in [3.05, 3.63) is 93.4 Å². The number of hydrogen-bond donors (Lipinski definition) is 2. The molecule has 230 valence electrons. The molecule has 2 bridgehead atoms. The summed E-state index contributed by atoms with van der Waals surface area (Å²) in [7, 11) is -2.26. The van der Waals surface area contributed by atoms with Gasteiger partial charge < -0.3 is 19.1 Å². The predicted octanol–water partition coefficient (Wildman–Crippen LogP) is 3.25. The van der Waals surface area contributed by atoms with E-state index in [9.17, 15) is 19.3 Å². The van der Waals surface area contributed by atoms with E-state index in [0.29, 0.717) is 6.54 Å². The van der Waals surface area contributed by atoms with E-state index < -0.39 is 49.5 Å². The van der Waals surface area contributed by atoms with Crippen LogP contribution in [-0.4, -0.2) is 74.4 Å². The number of nitrogens with one attached hydrogen (secondary N) is 1. The smallest absolute Gasteiger partial charge is 0.330 e. The number of fused-ring (bicyclic) bond motifs is 2. The average molecular weight is 630 g/mol. The quantitative estimate of drug-likeness (QED) is 0.189. The highest BCUT2D eigenvalue weighted by Gasteiger charge is 2.64. The van der Waals surface area contributed by atoms with Crippen molar-refractivity contribution in [2.75, 3.05) is 27.0 Å². The molecule has 2 aliphatic rings. The molecule has 0 radical (unpaired) electrons. The molecule has 2 fully saturated rings. The van der Waals surface area contributed by atoms with Gasteiger partial charge in [-0.3, -0.25) is 23.4 Å². The van der Waals surface area contributed by atoms with Gasteiger partial charge in [-0.05, 0) is 37.9 Å². The van der Waals surface area contributed by atoms with Gasteiger partial charge in [0.2, 0.25) is 0 Å². The van der Waals surface area contributed by atoms with Gasteiger partial charge in [0.15, 0.2) is 6.23 Å². The topological polar surface area (TPSA) is 160 Å². The van der Waals surface area contributed by atoms with Crippen LogP contribution >= 0.6 is 7.60 Å². The van der Waals surface area contributed by atoms with Gasteiger partial charge in [0.1, 0.15) is 23.5 Å². The monoisotopic (exact) mass is 629 g/mol. The normalized spacial score (nSPS) is 24.3. The van der Waals surface area contributed by atoms with Gasteiger partial charge in [0.25, 0.3) is 5.56 Å². The Bertz CT molecular complexity index is 2260. The standard InChI is InChI=1S/C31H28N5O8P/c1-41-45(2,40)44-27-26-29(43-31(27,15-37)16-42-26)36-13-22(28(38)32-30(36)39)23-14-35(34-33-23)12-20-9-8-19-7-6-17-4-3-5-18-10-11-21(20)25(19)24(17)18/h3-11,13-14,26-27,29,37H,12,15-16H2,1-2H3,(H,32,38,39). The molecule has 6 aromatic rings. The molecule has 14 heteroatoms. The first kappa shape index (κ1) is 28.3. The van der Waals surface area contributed by atoms with E-state index in [1.807, 2.05) is 0 Å². The van der Waals surface area contributed by atoms with Gasteiger partial charge in [0, 0.05) is 20.0 Å². The van der Waals surface area contributed by atoms with Crippen LogP contribution in [0.25, 0.3) is 43.6 Å². The molecule has 5 atom stereocenters. The maximum atomic E-state index is 13.0. The molecule has 5 unspecified atom stereocenters. The van der Waals surface area contributed by atoms with Crippen molar-refractivity contribution >= 4 is 39.9 Å². The summed E-state index contributed by atoms with van der Waals surface area (Å²) < 4.78 is 38.0. The number of benzene rings is 4. The minimum atomic E-state index is -3.51. The third-order valence-corrected chi connectivity index (χ3v) is 10.2. The molecule has 2 N–H and O–H groups in total. The second-order valence-corrected chi connectivity index (χ2v) is 13.7. The van der Waals surface area contributed by atoms with E-state index in [4.69, 9.17) is 18.5 Å². The molecule has 0 aliphatic carbocycles. The number of H-pyrrole nitrogens is 1. The molecular weight excluding hydrogens is 601 g/mol. The molecule has 0 saturated carbocycles. The van der Waals surface area contributed by atoms with E-state index >= 15 is 0 Å². The molecule has 8 rings (SSSR count). The molecular formula is C31H28N5O8P. The number of rotatable bonds is 8. The third kappa shape index (κ3) is 4.38. The zero-order chi connectivity index (χ0) is 31.1. The van der Waals surface area contributed by atoms with Crippen molar-refractivity contribution in [2.45, 2.75) is 30.6 Å². The summed E-state index contributed by atoms with van der Waals surface area (Å²) in [4.78, 5) is 28.3. The first-order valence-electron chi connectivity index (χ1n) is 14.3. The fourth-order valence-corrected chi connectivity index (χ4v) is 7.41. The zero-order valence-corrected chi connectivity index (χ0v) is 25.1. The highest BCUT2D eigenvalue weighted by molar-refractivity contribution is 7.52. The Hall–Kier alpha value is -4.23. The Balaban J connectivity index is 1.13. The summed E-state index contributed by atoms with van der Waals surface area (Å²) in [5.74, 6) is 0. The van der Waals surface area contributed by atoms with Gasteiger partial charge in [0.05, 0.1) is 31.5 Å². The Morgan fingerprint density at radius 2 is 1.80 bits per heavy atom. The van der Waals surface area contributed by atoms with Crippen LogP contribution in [0.5, 0.6) is 0 Å². The summed E-state index contributed by atoms with van der Waals surface area (Å²) >= 11 is 0. The van der Waals surface area contributed by atoms with E-state index in [1.54, 1.807) is 10.9 Å². The molecule has 2 aliphatic heterocycles. The molecule has 2 aromatic heterocycles. The van der Waals surface area contributed by atoms with Crippen LogP contribution in [0.4, 0.5) is 0 Å². The molecule has 0 spiro atoms. The Labute approximate surface area is 254 Å². The Morgan fingerprint density at radius 1 is 1.07 bits per heavy atom. The SMILES string of the molecule is COP(C)(=O)OC1C2OCC1(CO)OC2n1cc(-c2cn(Cc3ccc4ccc5cccc6ccc3c4c56)nn2)c(=O)[nH]c1=O. The molecule has 13 nitrogen and oxygen atoms in total. The number of hydrogen-bond acceptors (Lipinski definition) is 10. The van der Waals surface area contributed by atoms with Crippen molar-refractivity contribution in [1.29, 1.82) is 0 Å². The van der Waals surface area contributed by atoms with Crippen LogP contribution in [0.1, 0.15) is 11.8 Å². The van der Waals surface area contributed by atoms with Crippen LogP contribution in [-0.2, 0) is 29.6 Å². The largest absolute Gasteiger partial charge is 0.393 e.